The molecule has 1 amide bonds. The van der Waals surface area contributed by atoms with Crippen molar-refractivity contribution < 1.29 is 18.7 Å². The highest BCUT2D eigenvalue weighted by molar-refractivity contribution is 5.97. The highest BCUT2D eigenvalue weighted by Crippen LogP contribution is 2.25. The average molecular weight is 395 g/mol. The van der Waals surface area contributed by atoms with Gasteiger partial charge in [0.1, 0.15) is 17.1 Å². The van der Waals surface area contributed by atoms with E-state index in [1.165, 1.54) is 23.0 Å². The van der Waals surface area contributed by atoms with Gasteiger partial charge < -0.3 is 10.1 Å². The maximum Gasteiger partial charge on any atom is 0.342 e. The molecule has 1 N–H and O–H groups in total. The molecule has 0 spiro atoms. The zero-order valence-corrected chi connectivity index (χ0v) is 16.5. The summed E-state index contributed by atoms with van der Waals surface area (Å²) >= 11 is 0. The SMILES string of the molecule is Cc1cccc(-c2nn(-c3ccc(F)cc3)cc2C(=O)OCC(=O)NC(C)C)c1. The lowest BCUT2D eigenvalue weighted by Crippen LogP contribution is -2.34. The number of rotatable bonds is 6. The van der Waals surface area contributed by atoms with Crippen LogP contribution in [-0.2, 0) is 9.53 Å². The Morgan fingerprint density at radius 2 is 1.90 bits per heavy atom. The molecule has 3 aromatic rings. The topological polar surface area (TPSA) is 73.2 Å². The Kier molecular flexibility index (Phi) is 6.07. The van der Waals surface area contributed by atoms with Crippen LogP contribution in [0.2, 0.25) is 0 Å². The molecule has 0 unspecified atom stereocenters. The van der Waals surface area contributed by atoms with Gasteiger partial charge in [0.05, 0.1) is 5.69 Å². The Balaban J connectivity index is 1.94. The second kappa shape index (κ2) is 8.68. The number of carbonyl (C=O) groups is 2. The Morgan fingerprint density at radius 1 is 1.17 bits per heavy atom. The maximum atomic E-state index is 13.2. The standard InChI is InChI=1S/C22H22FN3O3/c1-14(2)24-20(27)13-29-22(28)19-12-26(18-9-7-17(23)8-10-18)25-21(19)16-6-4-5-15(3)11-16/h4-12,14H,13H2,1-3H3,(H,24,27). The lowest BCUT2D eigenvalue weighted by molar-refractivity contribution is -0.124. The van der Waals surface area contributed by atoms with Crippen molar-refractivity contribution in [3.05, 3.63) is 71.7 Å². The van der Waals surface area contributed by atoms with E-state index >= 15 is 0 Å². The van der Waals surface area contributed by atoms with E-state index in [1.807, 2.05) is 45.0 Å². The number of carbonyl (C=O) groups excluding carboxylic acids is 2. The van der Waals surface area contributed by atoms with Gasteiger partial charge in [0.2, 0.25) is 0 Å². The number of hydrogen-bond acceptors (Lipinski definition) is 4. The van der Waals surface area contributed by atoms with Crippen LogP contribution < -0.4 is 5.32 Å². The summed E-state index contributed by atoms with van der Waals surface area (Å²) in [5.41, 5.74) is 2.99. The molecule has 1 aromatic heterocycles. The first-order valence-corrected chi connectivity index (χ1v) is 9.22. The van der Waals surface area contributed by atoms with Gasteiger partial charge in [-0.05, 0) is 51.1 Å². The first-order chi connectivity index (χ1) is 13.8. The third-order valence-corrected chi connectivity index (χ3v) is 4.10. The summed E-state index contributed by atoms with van der Waals surface area (Å²) in [4.78, 5) is 24.5. The molecular formula is C22H22FN3O3. The van der Waals surface area contributed by atoms with E-state index in [-0.39, 0.29) is 29.9 Å². The van der Waals surface area contributed by atoms with Crippen molar-refractivity contribution in [3.63, 3.8) is 0 Å². The number of halogens is 1. The second-order valence-electron chi connectivity index (χ2n) is 6.98. The van der Waals surface area contributed by atoms with Crippen LogP contribution in [0.15, 0.2) is 54.7 Å². The fourth-order valence-corrected chi connectivity index (χ4v) is 2.83. The van der Waals surface area contributed by atoms with Crippen molar-refractivity contribution in [2.75, 3.05) is 6.61 Å². The largest absolute Gasteiger partial charge is 0.452 e. The normalized spacial score (nSPS) is 10.8. The first kappa shape index (κ1) is 20.3. The summed E-state index contributed by atoms with van der Waals surface area (Å²) in [5.74, 6) is -1.40. The third kappa shape index (κ3) is 5.07. The summed E-state index contributed by atoms with van der Waals surface area (Å²) in [7, 11) is 0. The molecule has 2 aromatic carbocycles. The Morgan fingerprint density at radius 3 is 2.55 bits per heavy atom. The number of benzene rings is 2. The van der Waals surface area contributed by atoms with Crippen LogP contribution in [0.1, 0.15) is 29.8 Å². The zero-order chi connectivity index (χ0) is 21.0. The van der Waals surface area contributed by atoms with Gasteiger partial charge in [0.25, 0.3) is 5.91 Å². The lowest BCUT2D eigenvalue weighted by Gasteiger charge is -2.09. The number of nitrogens with one attached hydrogen (secondary N) is 1. The van der Waals surface area contributed by atoms with Crippen LogP contribution in [-0.4, -0.2) is 34.3 Å². The lowest BCUT2D eigenvalue weighted by atomic mass is 10.1. The zero-order valence-electron chi connectivity index (χ0n) is 16.5. The molecule has 3 rings (SSSR count). The molecule has 29 heavy (non-hydrogen) atoms. The van der Waals surface area contributed by atoms with Gasteiger partial charge in [0.15, 0.2) is 6.61 Å². The highest BCUT2D eigenvalue weighted by Gasteiger charge is 2.21. The van der Waals surface area contributed by atoms with Gasteiger partial charge in [-0.15, -0.1) is 0 Å². The highest BCUT2D eigenvalue weighted by atomic mass is 19.1. The Hall–Kier alpha value is -3.48. The van der Waals surface area contributed by atoms with Crippen molar-refractivity contribution in [1.29, 1.82) is 0 Å². The minimum absolute atomic E-state index is 0.0507. The van der Waals surface area contributed by atoms with Crippen LogP contribution in [0, 0.1) is 12.7 Å². The second-order valence-corrected chi connectivity index (χ2v) is 6.98. The van der Waals surface area contributed by atoms with Gasteiger partial charge in [-0.2, -0.15) is 5.10 Å². The molecule has 7 heteroatoms. The molecule has 1 heterocycles. The Labute approximate surface area is 168 Å². The molecule has 0 aliphatic heterocycles. The maximum absolute atomic E-state index is 13.2. The summed E-state index contributed by atoms with van der Waals surface area (Å²) in [6, 6.07) is 13.3. The van der Waals surface area contributed by atoms with Crippen LogP contribution in [0.3, 0.4) is 0 Å². The summed E-state index contributed by atoms with van der Waals surface area (Å²) in [6.07, 6.45) is 1.52. The molecule has 150 valence electrons. The smallest absolute Gasteiger partial charge is 0.342 e. The molecule has 0 radical (unpaired) electrons. The number of nitrogens with zero attached hydrogens (tertiary/aromatic N) is 2. The number of hydrogen-bond donors (Lipinski definition) is 1. The summed E-state index contributed by atoms with van der Waals surface area (Å²) < 4.78 is 19.9. The van der Waals surface area contributed by atoms with Gasteiger partial charge in [-0.1, -0.05) is 23.8 Å². The molecule has 6 nitrogen and oxygen atoms in total. The van der Waals surface area contributed by atoms with Gasteiger partial charge in [0, 0.05) is 17.8 Å². The predicted octanol–water partition coefficient (Wildman–Crippen LogP) is 3.67. The average Bonchev–Trinajstić information content (AvgIpc) is 3.12. The molecule has 0 aliphatic rings. The molecule has 0 saturated heterocycles. The van der Waals surface area contributed by atoms with Gasteiger partial charge in [-0.25, -0.2) is 13.9 Å². The first-order valence-electron chi connectivity index (χ1n) is 9.22. The fraction of sp³-hybridized carbons (Fsp3) is 0.227. The fourth-order valence-electron chi connectivity index (χ4n) is 2.83. The van der Waals surface area contributed by atoms with Crippen LogP contribution in [0.4, 0.5) is 4.39 Å². The van der Waals surface area contributed by atoms with E-state index in [0.29, 0.717) is 11.4 Å². The van der Waals surface area contributed by atoms with E-state index < -0.39 is 5.97 Å². The molecule has 0 fully saturated rings. The van der Waals surface area contributed by atoms with Crippen molar-refractivity contribution in [2.45, 2.75) is 26.8 Å². The van der Waals surface area contributed by atoms with E-state index in [4.69, 9.17) is 4.74 Å². The van der Waals surface area contributed by atoms with Crippen molar-refractivity contribution >= 4 is 11.9 Å². The van der Waals surface area contributed by atoms with Crippen molar-refractivity contribution in [3.8, 4) is 16.9 Å². The van der Waals surface area contributed by atoms with Crippen LogP contribution >= 0.6 is 0 Å². The van der Waals surface area contributed by atoms with E-state index in [1.54, 1.807) is 12.1 Å². The monoisotopic (exact) mass is 395 g/mol. The van der Waals surface area contributed by atoms with Crippen LogP contribution in [0.5, 0.6) is 0 Å². The number of aromatic nitrogens is 2. The molecule has 0 bridgehead atoms. The number of aryl methyl sites for hydroxylation is 1. The van der Waals surface area contributed by atoms with E-state index in [0.717, 1.165) is 11.1 Å². The number of ether oxygens (including phenoxy) is 1. The number of esters is 1. The summed E-state index contributed by atoms with van der Waals surface area (Å²) in [5, 5.41) is 7.18. The Bertz CT molecular complexity index is 1030. The number of amides is 1. The molecule has 0 aliphatic carbocycles. The van der Waals surface area contributed by atoms with Gasteiger partial charge >= 0.3 is 5.97 Å². The minimum Gasteiger partial charge on any atom is -0.452 e. The van der Waals surface area contributed by atoms with Gasteiger partial charge in [-0.3, -0.25) is 4.79 Å². The minimum atomic E-state index is -0.659. The summed E-state index contributed by atoms with van der Waals surface area (Å²) in [6.45, 7) is 5.20. The molecule has 0 atom stereocenters. The third-order valence-electron chi connectivity index (χ3n) is 4.10. The predicted molar refractivity (Wildman–Crippen MR) is 107 cm³/mol. The molecular weight excluding hydrogens is 373 g/mol. The van der Waals surface area contributed by atoms with Crippen molar-refractivity contribution in [1.82, 2.24) is 15.1 Å². The molecule has 0 saturated carbocycles. The van der Waals surface area contributed by atoms with Crippen LogP contribution in [0.25, 0.3) is 16.9 Å². The van der Waals surface area contributed by atoms with E-state index in [9.17, 15) is 14.0 Å². The van der Waals surface area contributed by atoms with Crippen molar-refractivity contribution in [2.24, 2.45) is 0 Å². The quantitative estimate of drug-likeness (QED) is 0.647. The van der Waals surface area contributed by atoms with E-state index in [2.05, 4.69) is 10.4 Å².